The van der Waals surface area contributed by atoms with Crippen molar-refractivity contribution in [3.05, 3.63) is 110 Å². The van der Waals surface area contributed by atoms with Crippen LogP contribution in [-0.2, 0) is 12.8 Å². The summed E-state index contributed by atoms with van der Waals surface area (Å²) in [6.45, 7) is -0.120. The number of aromatic nitrogens is 2. The molecule has 0 saturated carbocycles. The molecule has 1 aromatic heterocycles. The maximum Gasteiger partial charge on any atom is 0.416 e. The van der Waals surface area contributed by atoms with E-state index in [-0.39, 0.29) is 23.8 Å². The lowest BCUT2D eigenvalue weighted by Crippen LogP contribution is -2.16. The molecule has 0 bridgehead atoms. The first-order valence-corrected chi connectivity index (χ1v) is 11.1. The standard InChI is InChI=1S/C26H17ClF3N5O2/c27-20-9-10-22(37-15-16-5-4-8-19(11-16)26(28,29)30)18(12-20)14-32-35-25-33-23(17-6-2-1-3-7-17)21(13-31)24(36)34-25/h1-12,14H,15H2,(H2,33,34,35,36). The molecule has 1 heterocycles. The maximum absolute atomic E-state index is 13.0. The van der Waals surface area contributed by atoms with Crippen molar-refractivity contribution in [2.75, 3.05) is 5.43 Å². The summed E-state index contributed by atoms with van der Waals surface area (Å²) >= 11 is 6.09. The Bertz CT molecular complexity index is 1550. The Morgan fingerprint density at radius 2 is 1.89 bits per heavy atom. The molecule has 0 atom stereocenters. The highest BCUT2D eigenvalue weighted by Crippen LogP contribution is 2.30. The molecule has 11 heteroatoms. The fourth-order valence-corrected chi connectivity index (χ4v) is 3.53. The number of aromatic amines is 1. The van der Waals surface area contributed by atoms with E-state index in [0.29, 0.717) is 27.5 Å². The number of hydrogen-bond donors (Lipinski definition) is 2. The third-order valence-corrected chi connectivity index (χ3v) is 5.31. The van der Waals surface area contributed by atoms with E-state index in [9.17, 15) is 23.2 Å². The number of benzene rings is 3. The van der Waals surface area contributed by atoms with Crippen molar-refractivity contribution in [2.24, 2.45) is 5.10 Å². The smallest absolute Gasteiger partial charge is 0.416 e. The summed E-state index contributed by atoms with van der Waals surface area (Å²) < 4.78 is 44.7. The molecule has 4 rings (SSSR count). The van der Waals surface area contributed by atoms with Crippen LogP contribution < -0.4 is 15.7 Å². The van der Waals surface area contributed by atoms with Gasteiger partial charge in [0.05, 0.1) is 17.5 Å². The minimum absolute atomic E-state index is 0.00688. The molecule has 0 spiro atoms. The molecule has 7 nitrogen and oxygen atoms in total. The molecule has 186 valence electrons. The molecule has 37 heavy (non-hydrogen) atoms. The second-order valence-electron chi connectivity index (χ2n) is 7.65. The summed E-state index contributed by atoms with van der Waals surface area (Å²) in [5.41, 5.74) is 2.59. The Labute approximate surface area is 213 Å². The van der Waals surface area contributed by atoms with Crippen LogP contribution in [0.1, 0.15) is 22.3 Å². The number of nitriles is 1. The molecule has 0 aliphatic carbocycles. The normalized spacial score (nSPS) is 11.3. The van der Waals surface area contributed by atoms with E-state index in [4.69, 9.17) is 16.3 Å². The number of ether oxygens (including phenoxy) is 1. The van der Waals surface area contributed by atoms with E-state index in [2.05, 4.69) is 20.5 Å². The summed E-state index contributed by atoms with van der Waals surface area (Å²) in [7, 11) is 0. The van der Waals surface area contributed by atoms with Gasteiger partial charge in [-0.2, -0.15) is 23.5 Å². The second-order valence-corrected chi connectivity index (χ2v) is 8.09. The molecule has 0 aliphatic rings. The van der Waals surface area contributed by atoms with Crippen LogP contribution in [0.4, 0.5) is 19.1 Å². The van der Waals surface area contributed by atoms with E-state index >= 15 is 0 Å². The average molecular weight is 524 g/mol. The van der Waals surface area contributed by atoms with Gasteiger partial charge in [-0.3, -0.25) is 9.78 Å². The quantitative estimate of drug-likeness (QED) is 0.228. The molecular weight excluding hydrogens is 507 g/mol. The molecule has 0 fully saturated rings. The van der Waals surface area contributed by atoms with E-state index in [1.807, 2.05) is 6.07 Å². The molecule has 0 saturated heterocycles. The van der Waals surface area contributed by atoms with Crippen LogP contribution in [0.2, 0.25) is 5.02 Å². The summed E-state index contributed by atoms with van der Waals surface area (Å²) in [6.07, 6.45) is -3.10. The van der Waals surface area contributed by atoms with Gasteiger partial charge in [0.2, 0.25) is 5.95 Å². The Morgan fingerprint density at radius 3 is 2.62 bits per heavy atom. The summed E-state index contributed by atoms with van der Waals surface area (Å²) in [5, 5.41) is 13.8. The molecule has 0 amide bonds. The van der Waals surface area contributed by atoms with Crippen LogP contribution in [-0.4, -0.2) is 16.2 Å². The van der Waals surface area contributed by atoms with Gasteiger partial charge < -0.3 is 4.74 Å². The number of H-pyrrole nitrogens is 1. The summed E-state index contributed by atoms with van der Waals surface area (Å²) in [4.78, 5) is 19.1. The van der Waals surface area contributed by atoms with Crippen molar-refractivity contribution in [2.45, 2.75) is 12.8 Å². The average Bonchev–Trinajstić information content (AvgIpc) is 2.88. The third kappa shape index (κ3) is 6.34. The molecular formula is C26H17ClF3N5O2. The number of alkyl halides is 3. The maximum atomic E-state index is 13.0. The van der Waals surface area contributed by atoms with E-state index in [1.54, 1.807) is 48.5 Å². The number of rotatable bonds is 7. The van der Waals surface area contributed by atoms with Gasteiger partial charge in [0.25, 0.3) is 5.56 Å². The van der Waals surface area contributed by atoms with E-state index in [1.165, 1.54) is 18.3 Å². The van der Waals surface area contributed by atoms with Crippen molar-refractivity contribution >= 4 is 23.8 Å². The fraction of sp³-hybridized carbons (Fsp3) is 0.0769. The van der Waals surface area contributed by atoms with Crippen molar-refractivity contribution in [3.8, 4) is 23.1 Å². The SMILES string of the molecule is N#Cc1c(-c2ccccc2)nc(NN=Cc2cc(Cl)ccc2OCc2cccc(C(F)(F)F)c2)[nH]c1=O. The third-order valence-electron chi connectivity index (χ3n) is 5.07. The Balaban J connectivity index is 1.54. The zero-order valence-electron chi connectivity index (χ0n) is 18.9. The first kappa shape index (κ1) is 25.5. The van der Waals surface area contributed by atoms with Crippen LogP contribution in [0.15, 0.2) is 82.7 Å². The van der Waals surface area contributed by atoms with Gasteiger partial charge in [0, 0.05) is 16.1 Å². The first-order valence-electron chi connectivity index (χ1n) is 10.7. The topological polar surface area (TPSA) is 103 Å². The minimum atomic E-state index is -4.46. The number of nitrogens with one attached hydrogen (secondary N) is 2. The molecule has 0 aliphatic heterocycles. The van der Waals surface area contributed by atoms with E-state index < -0.39 is 17.3 Å². The number of nitrogens with zero attached hydrogens (tertiary/aromatic N) is 3. The van der Waals surface area contributed by atoms with Crippen LogP contribution in [0.25, 0.3) is 11.3 Å². The van der Waals surface area contributed by atoms with Gasteiger partial charge in [0.15, 0.2) is 0 Å². The highest BCUT2D eigenvalue weighted by atomic mass is 35.5. The molecule has 2 N–H and O–H groups in total. The van der Waals surface area contributed by atoms with Gasteiger partial charge >= 0.3 is 6.18 Å². The number of halogens is 4. The van der Waals surface area contributed by atoms with Gasteiger partial charge in [-0.15, -0.1) is 0 Å². The lowest BCUT2D eigenvalue weighted by atomic mass is 10.1. The van der Waals surface area contributed by atoms with Crippen molar-refractivity contribution in [1.82, 2.24) is 9.97 Å². The summed E-state index contributed by atoms with van der Waals surface area (Å²) in [6, 6.07) is 20.1. The molecule has 0 radical (unpaired) electrons. The molecule has 0 unspecified atom stereocenters. The van der Waals surface area contributed by atoms with Crippen molar-refractivity contribution < 1.29 is 17.9 Å². The Hall–Kier alpha value is -4.62. The Kier molecular flexibility index (Phi) is 7.55. The second kappa shape index (κ2) is 11.0. The Morgan fingerprint density at radius 1 is 1.11 bits per heavy atom. The fourth-order valence-electron chi connectivity index (χ4n) is 3.35. The van der Waals surface area contributed by atoms with E-state index in [0.717, 1.165) is 12.1 Å². The van der Waals surface area contributed by atoms with Gasteiger partial charge in [0.1, 0.15) is 24.0 Å². The predicted octanol–water partition coefficient (Wildman–Crippen LogP) is 6.01. The monoisotopic (exact) mass is 523 g/mol. The zero-order chi connectivity index (χ0) is 26.4. The highest BCUT2D eigenvalue weighted by Gasteiger charge is 2.30. The summed E-state index contributed by atoms with van der Waals surface area (Å²) in [5.74, 6) is 0.311. The predicted molar refractivity (Wildman–Crippen MR) is 133 cm³/mol. The lowest BCUT2D eigenvalue weighted by Gasteiger charge is -2.12. The van der Waals surface area contributed by atoms with Crippen molar-refractivity contribution in [3.63, 3.8) is 0 Å². The van der Waals surface area contributed by atoms with Gasteiger partial charge in [-0.1, -0.05) is 54.1 Å². The number of hydrazone groups is 1. The van der Waals surface area contributed by atoms with Crippen LogP contribution in [0, 0.1) is 11.3 Å². The highest BCUT2D eigenvalue weighted by molar-refractivity contribution is 6.30. The van der Waals surface area contributed by atoms with Gasteiger partial charge in [-0.25, -0.2) is 10.4 Å². The minimum Gasteiger partial charge on any atom is -0.488 e. The number of hydrogen-bond acceptors (Lipinski definition) is 6. The van der Waals surface area contributed by atoms with Crippen LogP contribution in [0.5, 0.6) is 5.75 Å². The molecule has 4 aromatic rings. The lowest BCUT2D eigenvalue weighted by molar-refractivity contribution is -0.137. The molecule has 3 aromatic carbocycles. The van der Waals surface area contributed by atoms with Crippen molar-refractivity contribution in [1.29, 1.82) is 5.26 Å². The largest absolute Gasteiger partial charge is 0.488 e. The first-order chi connectivity index (χ1) is 17.7. The van der Waals surface area contributed by atoms with Crippen LogP contribution >= 0.6 is 11.6 Å². The number of anilines is 1. The van der Waals surface area contributed by atoms with Gasteiger partial charge in [-0.05, 0) is 35.9 Å². The van der Waals surface area contributed by atoms with Crippen LogP contribution in [0.3, 0.4) is 0 Å². The zero-order valence-corrected chi connectivity index (χ0v) is 19.6.